The SMILES string of the molecule is Cc1cccc(CNc2ccc(C(=O)Nc3ccccc3F)nc2)c1. The number of nitrogens with one attached hydrogen (secondary N) is 2. The van der Waals surface area contributed by atoms with Crippen LogP contribution in [0.2, 0.25) is 0 Å². The zero-order valence-electron chi connectivity index (χ0n) is 13.8. The van der Waals surface area contributed by atoms with Gasteiger partial charge >= 0.3 is 0 Å². The summed E-state index contributed by atoms with van der Waals surface area (Å²) < 4.78 is 13.6. The zero-order chi connectivity index (χ0) is 17.6. The summed E-state index contributed by atoms with van der Waals surface area (Å²) in [6, 6.07) is 17.6. The van der Waals surface area contributed by atoms with Crippen molar-refractivity contribution in [1.82, 2.24) is 4.98 Å². The number of aromatic nitrogens is 1. The molecule has 0 aliphatic carbocycles. The minimum absolute atomic E-state index is 0.135. The van der Waals surface area contributed by atoms with Gasteiger partial charge in [0.15, 0.2) is 0 Å². The Morgan fingerprint density at radius 3 is 2.64 bits per heavy atom. The van der Waals surface area contributed by atoms with Crippen LogP contribution >= 0.6 is 0 Å². The molecule has 0 aliphatic rings. The molecule has 0 spiro atoms. The van der Waals surface area contributed by atoms with Crippen LogP contribution in [0.5, 0.6) is 0 Å². The Balaban J connectivity index is 1.61. The van der Waals surface area contributed by atoms with Gasteiger partial charge in [0, 0.05) is 6.54 Å². The molecule has 1 amide bonds. The van der Waals surface area contributed by atoms with Gasteiger partial charge in [-0.05, 0) is 36.8 Å². The summed E-state index contributed by atoms with van der Waals surface area (Å²) >= 11 is 0. The first-order valence-electron chi connectivity index (χ1n) is 7.93. The summed E-state index contributed by atoms with van der Waals surface area (Å²) in [5.41, 5.74) is 3.54. The van der Waals surface area contributed by atoms with Crippen molar-refractivity contribution in [2.45, 2.75) is 13.5 Å². The van der Waals surface area contributed by atoms with Gasteiger partial charge in [0.05, 0.1) is 17.6 Å². The Hall–Kier alpha value is -3.21. The van der Waals surface area contributed by atoms with E-state index in [1.165, 1.54) is 23.3 Å². The fourth-order valence-electron chi connectivity index (χ4n) is 2.41. The van der Waals surface area contributed by atoms with Gasteiger partial charge in [-0.2, -0.15) is 0 Å². The number of hydrogen-bond acceptors (Lipinski definition) is 3. The predicted octanol–water partition coefficient (Wildman–Crippen LogP) is 4.39. The maximum absolute atomic E-state index is 13.6. The highest BCUT2D eigenvalue weighted by atomic mass is 19.1. The van der Waals surface area contributed by atoms with Crippen molar-refractivity contribution in [1.29, 1.82) is 0 Å². The zero-order valence-corrected chi connectivity index (χ0v) is 13.8. The smallest absolute Gasteiger partial charge is 0.274 e. The minimum Gasteiger partial charge on any atom is -0.380 e. The van der Waals surface area contributed by atoms with E-state index >= 15 is 0 Å². The van der Waals surface area contributed by atoms with E-state index in [1.54, 1.807) is 30.5 Å². The lowest BCUT2D eigenvalue weighted by atomic mass is 10.1. The van der Waals surface area contributed by atoms with Gasteiger partial charge in [-0.15, -0.1) is 0 Å². The summed E-state index contributed by atoms with van der Waals surface area (Å²) in [6.45, 7) is 2.72. The Bertz CT molecular complexity index is 878. The number of anilines is 2. The molecule has 0 saturated heterocycles. The van der Waals surface area contributed by atoms with Crippen LogP contribution in [0.1, 0.15) is 21.6 Å². The third-order valence-electron chi connectivity index (χ3n) is 3.70. The van der Waals surface area contributed by atoms with Crippen LogP contribution in [-0.2, 0) is 6.54 Å². The Kier molecular flexibility index (Phi) is 5.04. The van der Waals surface area contributed by atoms with E-state index in [4.69, 9.17) is 0 Å². The van der Waals surface area contributed by atoms with Crippen LogP contribution in [0.25, 0.3) is 0 Å². The second kappa shape index (κ2) is 7.57. The number of benzene rings is 2. The van der Waals surface area contributed by atoms with Crippen molar-refractivity contribution in [2.75, 3.05) is 10.6 Å². The number of aryl methyl sites for hydroxylation is 1. The van der Waals surface area contributed by atoms with Gasteiger partial charge < -0.3 is 10.6 Å². The van der Waals surface area contributed by atoms with Crippen molar-refractivity contribution in [3.8, 4) is 0 Å². The molecule has 3 aromatic rings. The molecule has 0 unspecified atom stereocenters. The van der Waals surface area contributed by atoms with Crippen molar-refractivity contribution in [3.05, 3.63) is 89.5 Å². The molecule has 0 bridgehead atoms. The van der Waals surface area contributed by atoms with Crippen LogP contribution in [-0.4, -0.2) is 10.9 Å². The van der Waals surface area contributed by atoms with E-state index in [1.807, 2.05) is 25.1 Å². The number of nitrogens with zero attached hydrogens (tertiary/aromatic N) is 1. The largest absolute Gasteiger partial charge is 0.380 e. The molecule has 0 radical (unpaired) electrons. The molecule has 1 aromatic heterocycles. The molecule has 5 heteroatoms. The summed E-state index contributed by atoms with van der Waals surface area (Å²) in [5.74, 6) is -0.928. The molecule has 0 fully saturated rings. The fourth-order valence-corrected chi connectivity index (χ4v) is 2.41. The lowest BCUT2D eigenvalue weighted by molar-refractivity contribution is 0.102. The summed E-state index contributed by atoms with van der Waals surface area (Å²) in [6.07, 6.45) is 1.59. The second-order valence-corrected chi connectivity index (χ2v) is 5.71. The molecule has 25 heavy (non-hydrogen) atoms. The Labute approximate surface area is 145 Å². The predicted molar refractivity (Wildman–Crippen MR) is 97.1 cm³/mol. The first kappa shape index (κ1) is 16.6. The highest BCUT2D eigenvalue weighted by Crippen LogP contribution is 2.15. The number of halogens is 1. The van der Waals surface area contributed by atoms with Crippen molar-refractivity contribution in [2.24, 2.45) is 0 Å². The third-order valence-corrected chi connectivity index (χ3v) is 3.70. The number of rotatable bonds is 5. The molecule has 0 saturated carbocycles. The van der Waals surface area contributed by atoms with Gasteiger partial charge in [0.2, 0.25) is 0 Å². The molecule has 0 atom stereocenters. The van der Waals surface area contributed by atoms with E-state index in [0.29, 0.717) is 6.54 Å². The summed E-state index contributed by atoms with van der Waals surface area (Å²) in [7, 11) is 0. The van der Waals surface area contributed by atoms with E-state index in [9.17, 15) is 9.18 Å². The number of pyridine rings is 1. The lowest BCUT2D eigenvalue weighted by Gasteiger charge is -2.08. The van der Waals surface area contributed by atoms with Crippen LogP contribution in [0, 0.1) is 12.7 Å². The number of hydrogen-bond donors (Lipinski definition) is 2. The molecule has 2 N–H and O–H groups in total. The van der Waals surface area contributed by atoms with Gasteiger partial charge in [-0.1, -0.05) is 42.0 Å². The highest BCUT2D eigenvalue weighted by Gasteiger charge is 2.10. The Morgan fingerprint density at radius 1 is 1.08 bits per heavy atom. The number of para-hydroxylation sites is 1. The first-order valence-corrected chi connectivity index (χ1v) is 7.93. The minimum atomic E-state index is -0.479. The highest BCUT2D eigenvalue weighted by molar-refractivity contribution is 6.03. The molecule has 2 aromatic carbocycles. The number of carbonyl (C=O) groups is 1. The molecule has 4 nitrogen and oxygen atoms in total. The fraction of sp³-hybridized carbons (Fsp3) is 0.100. The molecular weight excluding hydrogens is 317 g/mol. The van der Waals surface area contributed by atoms with E-state index < -0.39 is 11.7 Å². The normalized spacial score (nSPS) is 10.3. The average Bonchev–Trinajstić information content (AvgIpc) is 2.62. The quantitative estimate of drug-likeness (QED) is 0.727. The second-order valence-electron chi connectivity index (χ2n) is 5.71. The third kappa shape index (κ3) is 4.41. The number of carbonyl (C=O) groups excluding carboxylic acids is 1. The number of amides is 1. The first-order chi connectivity index (χ1) is 12.1. The average molecular weight is 335 g/mol. The van der Waals surface area contributed by atoms with E-state index in [0.717, 1.165) is 5.69 Å². The van der Waals surface area contributed by atoms with Crippen molar-refractivity contribution in [3.63, 3.8) is 0 Å². The summed E-state index contributed by atoms with van der Waals surface area (Å²) in [5, 5.41) is 5.77. The lowest BCUT2D eigenvalue weighted by Crippen LogP contribution is -2.14. The monoisotopic (exact) mass is 335 g/mol. The molecular formula is C20H18FN3O. The Morgan fingerprint density at radius 2 is 1.92 bits per heavy atom. The molecule has 0 aliphatic heterocycles. The van der Waals surface area contributed by atoms with Crippen LogP contribution in [0.3, 0.4) is 0 Å². The van der Waals surface area contributed by atoms with Gasteiger partial charge in [-0.3, -0.25) is 4.79 Å². The van der Waals surface area contributed by atoms with Crippen LogP contribution < -0.4 is 10.6 Å². The maximum Gasteiger partial charge on any atom is 0.274 e. The van der Waals surface area contributed by atoms with Crippen LogP contribution in [0.4, 0.5) is 15.8 Å². The molecule has 1 heterocycles. The van der Waals surface area contributed by atoms with Crippen molar-refractivity contribution < 1.29 is 9.18 Å². The molecule has 3 rings (SSSR count). The van der Waals surface area contributed by atoms with Crippen molar-refractivity contribution >= 4 is 17.3 Å². The van der Waals surface area contributed by atoms with E-state index in [-0.39, 0.29) is 11.4 Å². The van der Waals surface area contributed by atoms with E-state index in [2.05, 4.69) is 21.7 Å². The van der Waals surface area contributed by atoms with Gasteiger partial charge in [0.1, 0.15) is 11.5 Å². The summed E-state index contributed by atoms with van der Waals surface area (Å²) in [4.78, 5) is 16.3. The molecule has 126 valence electrons. The van der Waals surface area contributed by atoms with Gasteiger partial charge in [-0.25, -0.2) is 9.37 Å². The standard InChI is InChI=1S/C20H18FN3O/c1-14-5-4-6-15(11-14)12-22-16-9-10-19(23-13-16)20(25)24-18-8-3-2-7-17(18)21/h2-11,13,22H,12H2,1H3,(H,24,25). The topological polar surface area (TPSA) is 54.0 Å². The maximum atomic E-state index is 13.6. The van der Waals surface area contributed by atoms with Gasteiger partial charge in [0.25, 0.3) is 5.91 Å². The van der Waals surface area contributed by atoms with Crippen LogP contribution in [0.15, 0.2) is 66.9 Å².